The van der Waals surface area contributed by atoms with Crippen molar-refractivity contribution in [1.82, 2.24) is 4.98 Å². The third-order valence-electron chi connectivity index (χ3n) is 3.46. The summed E-state index contributed by atoms with van der Waals surface area (Å²) in [5.41, 5.74) is 6.02. The van der Waals surface area contributed by atoms with E-state index in [4.69, 9.17) is 5.84 Å². The monoisotopic (exact) mass is 309 g/mol. The summed E-state index contributed by atoms with van der Waals surface area (Å²) >= 11 is 3.45. The number of hydrazine groups is 1. The van der Waals surface area contributed by atoms with E-state index in [0.29, 0.717) is 5.52 Å². The molecule has 0 unspecified atom stereocenters. The molecule has 3 nitrogen and oxygen atoms in total. The molecule has 1 aromatic heterocycles. The Balaban J connectivity index is 2.44. The maximum Gasteiger partial charge on any atom is 0.149 e. The summed E-state index contributed by atoms with van der Waals surface area (Å²) in [6.07, 6.45) is 4.07. The smallest absolute Gasteiger partial charge is 0.149 e. The Labute approximate surface area is 113 Å². The van der Waals surface area contributed by atoms with Crippen molar-refractivity contribution < 1.29 is 4.39 Å². The predicted molar refractivity (Wildman–Crippen MR) is 73.9 cm³/mol. The van der Waals surface area contributed by atoms with Crippen molar-refractivity contribution in [2.45, 2.75) is 25.7 Å². The molecule has 0 aliphatic heterocycles. The van der Waals surface area contributed by atoms with Crippen LogP contribution in [0.1, 0.15) is 24.1 Å². The van der Waals surface area contributed by atoms with Crippen LogP contribution in [0.2, 0.25) is 0 Å². The number of nitrogens with zero attached hydrogens (tertiary/aromatic N) is 1. The number of hydrogen-bond donors (Lipinski definition) is 2. The summed E-state index contributed by atoms with van der Waals surface area (Å²) in [4.78, 5) is 4.48. The third-order valence-corrected chi connectivity index (χ3v) is 4.12. The zero-order valence-electron chi connectivity index (χ0n) is 9.76. The highest BCUT2D eigenvalue weighted by Gasteiger charge is 2.20. The average Bonchev–Trinajstić information content (AvgIpc) is 2.41. The van der Waals surface area contributed by atoms with Gasteiger partial charge in [0.25, 0.3) is 0 Å². The van der Waals surface area contributed by atoms with Gasteiger partial charge in [0, 0.05) is 15.6 Å². The number of nitrogen functional groups attached to an aromatic ring is 1. The minimum Gasteiger partial charge on any atom is -0.323 e. The van der Waals surface area contributed by atoms with E-state index in [1.54, 1.807) is 6.07 Å². The molecule has 0 bridgehead atoms. The van der Waals surface area contributed by atoms with Crippen LogP contribution in [0.3, 0.4) is 0 Å². The number of fused-ring (bicyclic) bond motifs is 2. The van der Waals surface area contributed by atoms with Crippen molar-refractivity contribution in [2.24, 2.45) is 5.84 Å². The molecule has 5 heteroatoms. The van der Waals surface area contributed by atoms with Crippen molar-refractivity contribution in [3.8, 4) is 0 Å². The molecule has 0 saturated heterocycles. The minimum absolute atomic E-state index is 0.307. The highest BCUT2D eigenvalue weighted by molar-refractivity contribution is 9.10. The van der Waals surface area contributed by atoms with Gasteiger partial charge in [-0.2, -0.15) is 0 Å². The fourth-order valence-electron chi connectivity index (χ4n) is 2.62. The lowest BCUT2D eigenvalue weighted by molar-refractivity contribution is 0.632. The number of aryl methyl sites for hydroxylation is 1. The predicted octanol–water partition coefficient (Wildman–Crippen LogP) is 3.30. The largest absolute Gasteiger partial charge is 0.323 e. The van der Waals surface area contributed by atoms with E-state index in [2.05, 4.69) is 26.3 Å². The van der Waals surface area contributed by atoms with E-state index in [0.717, 1.165) is 52.5 Å². The van der Waals surface area contributed by atoms with Gasteiger partial charge in [-0.3, -0.25) is 5.84 Å². The minimum atomic E-state index is -0.307. The van der Waals surface area contributed by atoms with Crippen LogP contribution in [0.4, 0.5) is 10.1 Å². The quantitative estimate of drug-likeness (QED) is 0.628. The number of nitrogens with one attached hydrogen (secondary N) is 1. The van der Waals surface area contributed by atoms with Crippen molar-refractivity contribution in [2.75, 3.05) is 5.43 Å². The summed E-state index contributed by atoms with van der Waals surface area (Å²) in [5, 5.41) is 0.734. The summed E-state index contributed by atoms with van der Waals surface area (Å²) in [6, 6.07) is 3.12. The molecule has 0 amide bonds. The average molecular weight is 310 g/mol. The van der Waals surface area contributed by atoms with E-state index in [1.807, 2.05) is 0 Å². The first-order chi connectivity index (χ1) is 8.72. The second-order valence-corrected chi connectivity index (χ2v) is 5.37. The Morgan fingerprint density at radius 3 is 2.83 bits per heavy atom. The fourth-order valence-corrected chi connectivity index (χ4v) is 3.13. The number of benzene rings is 1. The lowest BCUT2D eigenvalue weighted by Gasteiger charge is -2.21. The second kappa shape index (κ2) is 4.48. The molecule has 3 N–H and O–H groups in total. The lowest BCUT2D eigenvalue weighted by atomic mass is 9.93. The number of pyridine rings is 1. The normalized spacial score (nSPS) is 14.6. The molecule has 0 fully saturated rings. The van der Waals surface area contributed by atoms with E-state index in [9.17, 15) is 4.39 Å². The Morgan fingerprint density at radius 2 is 2.06 bits per heavy atom. The first-order valence-electron chi connectivity index (χ1n) is 5.98. The van der Waals surface area contributed by atoms with Crippen molar-refractivity contribution in [1.29, 1.82) is 0 Å². The van der Waals surface area contributed by atoms with Crippen LogP contribution in [-0.4, -0.2) is 4.98 Å². The molecule has 3 rings (SSSR count). The molecule has 0 radical (unpaired) electrons. The Kier molecular flexibility index (Phi) is 2.95. The van der Waals surface area contributed by atoms with Gasteiger partial charge in [-0.05, 0) is 43.4 Å². The first-order valence-corrected chi connectivity index (χ1v) is 6.77. The van der Waals surface area contributed by atoms with Crippen LogP contribution in [0.5, 0.6) is 0 Å². The number of hydrogen-bond acceptors (Lipinski definition) is 3. The van der Waals surface area contributed by atoms with Crippen LogP contribution in [0.25, 0.3) is 10.9 Å². The highest BCUT2D eigenvalue weighted by Crippen LogP contribution is 2.37. The van der Waals surface area contributed by atoms with Crippen molar-refractivity contribution in [3.05, 3.63) is 33.7 Å². The lowest BCUT2D eigenvalue weighted by Crippen LogP contribution is -2.15. The van der Waals surface area contributed by atoms with Gasteiger partial charge in [-0.1, -0.05) is 15.9 Å². The Bertz CT molecular complexity index is 627. The number of halogens is 2. The summed E-state index contributed by atoms with van der Waals surface area (Å²) in [6.45, 7) is 0. The van der Waals surface area contributed by atoms with Gasteiger partial charge < -0.3 is 5.43 Å². The van der Waals surface area contributed by atoms with Gasteiger partial charge in [0.15, 0.2) is 0 Å². The van der Waals surface area contributed by atoms with Gasteiger partial charge in [-0.15, -0.1) is 0 Å². The molecule has 94 valence electrons. The van der Waals surface area contributed by atoms with E-state index in [-0.39, 0.29) is 5.82 Å². The van der Waals surface area contributed by atoms with Crippen LogP contribution >= 0.6 is 15.9 Å². The number of anilines is 1. The van der Waals surface area contributed by atoms with Crippen LogP contribution in [0.15, 0.2) is 16.6 Å². The van der Waals surface area contributed by atoms with E-state index >= 15 is 0 Å². The summed E-state index contributed by atoms with van der Waals surface area (Å²) < 4.78 is 14.7. The highest BCUT2D eigenvalue weighted by atomic mass is 79.9. The van der Waals surface area contributed by atoms with Crippen molar-refractivity contribution >= 4 is 32.5 Å². The molecule has 1 aromatic carbocycles. The molecular formula is C13H13BrFN3. The zero-order chi connectivity index (χ0) is 12.7. The van der Waals surface area contributed by atoms with E-state index < -0.39 is 0 Å². The van der Waals surface area contributed by atoms with Gasteiger partial charge in [0.05, 0.1) is 5.69 Å². The molecule has 0 spiro atoms. The molecule has 2 aromatic rings. The SMILES string of the molecule is NNc1c2c(nc3c(F)ccc(Br)c13)CCCC2. The fraction of sp³-hybridized carbons (Fsp3) is 0.308. The van der Waals surface area contributed by atoms with Crippen LogP contribution in [0, 0.1) is 5.82 Å². The first kappa shape index (κ1) is 11.9. The molecule has 0 saturated carbocycles. The van der Waals surface area contributed by atoms with Gasteiger partial charge >= 0.3 is 0 Å². The van der Waals surface area contributed by atoms with Crippen LogP contribution < -0.4 is 11.3 Å². The standard InChI is InChI=1S/C13H13BrFN3/c14-8-5-6-9(15)13-11(8)12(18-16)7-3-1-2-4-10(7)17-13/h5-6H,1-4,16H2,(H,17,18). The maximum absolute atomic E-state index is 13.9. The zero-order valence-corrected chi connectivity index (χ0v) is 11.3. The molecule has 1 aliphatic carbocycles. The van der Waals surface area contributed by atoms with Crippen molar-refractivity contribution in [3.63, 3.8) is 0 Å². The number of aromatic nitrogens is 1. The van der Waals surface area contributed by atoms with Gasteiger partial charge in [-0.25, -0.2) is 9.37 Å². The topological polar surface area (TPSA) is 50.9 Å². The Hall–Kier alpha value is -1.20. The number of nitrogens with two attached hydrogens (primary N) is 1. The summed E-state index contributed by atoms with van der Waals surface area (Å²) in [7, 11) is 0. The van der Waals surface area contributed by atoms with Gasteiger partial charge in [0.2, 0.25) is 0 Å². The molecule has 0 atom stereocenters. The molecule has 1 aliphatic rings. The maximum atomic E-state index is 13.9. The second-order valence-electron chi connectivity index (χ2n) is 4.52. The molecular weight excluding hydrogens is 297 g/mol. The molecule has 1 heterocycles. The third kappa shape index (κ3) is 1.69. The van der Waals surface area contributed by atoms with E-state index in [1.165, 1.54) is 6.07 Å². The molecule has 18 heavy (non-hydrogen) atoms. The summed E-state index contributed by atoms with van der Waals surface area (Å²) in [5.74, 6) is 5.33. The number of rotatable bonds is 1. The van der Waals surface area contributed by atoms with Crippen LogP contribution in [-0.2, 0) is 12.8 Å². The Morgan fingerprint density at radius 1 is 1.28 bits per heavy atom. The van der Waals surface area contributed by atoms with Gasteiger partial charge in [0.1, 0.15) is 11.3 Å².